The number of nitrogens with zero attached hydrogens (tertiary/aromatic N) is 3. The quantitative estimate of drug-likeness (QED) is 0.729. The molecule has 2 aliphatic rings. The molecule has 0 bridgehead atoms. The molecule has 2 N–H and O–H groups in total. The molecule has 154 valence electrons. The molecule has 0 aliphatic carbocycles. The van der Waals surface area contributed by atoms with E-state index in [1.165, 1.54) is 17.5 Å². The van der Waals surface area contributed by atoms with Crippen molar-refractivity contribution in [3.63, 3.8) is 0 Å². The highest BCUT2D eigenvalue weighted by Crippen LogP contribution is 2.20. The highest BCUT2D eigenvalue weighted by Gasteiger charge is 2.23. The van der Waals surface area contributed by atoms with E-state index in [1.54, 1.807) is 0 Å². The minimum absolute atomic E-state index is 0.201. The van der Waals surface area contributed by atoms with E-state index in [1.807, 2.05) is 6.92 Å². The summed E-state index contributed by atoms with van der Waals surface area (Å²) in [6, 6.07) is 8.43. The zero-order valence-corrected chi connectivity index (χ0v) is 16.8. The van der Waals surface area contributed by atoms with Crippen LogP contribution < -0.4 is 5.32 Å². The molecule has 4 rings (SSSR count). The number of nitrogens with one attached hydrogen (secondary N) is 1. The number of ether oxygens (including phenoxy) is 1. The predicted octanol–water partition coefficient (Wildman–Crippen LogP) is 1.12. The molecule has 2 aromatic rings. The lowest BCUT2D eigenvalue weighted by Crippen LogP contribution is -2.42. The topological polar surface area (TPSA) is 87.6 Å². The van der Waals surface area contributed by atoms with Gasteiger partial charge in [-0.2, -0.15) is 0 Å². The fourth-order valence-electron chi connectivity index (χ4n) is 3.96. The molecule has 1 atom stereocenters. The van der Waals surface area contributed by atoms with Crippen LogP contribution in [0.5, 0.6) is 0 Å². The van der Waals surface area contributed by atoms with Crippen molar-refractivity contribution in [1.29, 1.82) is 0 Å². The summed E-state index contributed by atoms with van der Waals surface area (Å²) >= 11 is 0. The number of hydrogen-bond donors (Lipinski definition) is 2. The van der Waals surface area contributed by atoms with Crippen LogP contribution in [0.15, 0.2) is 30.6 Å². The molecule has 2 aliphatic heterocycles. The highest BCUT2D eigenvalue weighted by atomic mass is 16.5. The molecule has 1 saturated heterocycles. The molecule has 3 heterocycles. The summed E-state index contributed by atoms with van der Waals surface area (Å²) < 4.78 is 5.22. The van der Waals surface area contributed by atoms with Gasteiger partial charge in [-0.3, -0.25) is 9.69 Å². The van der Waals surface area contributed by atoms with Crippen LogP contribution >= 0.6 is 0 Å². The molecule has 0 spiro atoms. The van der Waals surface area contributed by atoms with Gasteiger partial charge >= 0.3 is 0 Å². The molecule has 1 amide bonds. The van der Waals surface area contributed by atoms with Crippen molar-refractivity contribution in [1.82, 2.24) is 20.2 Å². The number of aliphatic hydroxyl groups excluding tert-OH is 1. The summed E-state index contributed by atoms with van der Waals surface area (Å²) in [6.07, 6.45) is 2.61. The van der Waals surface area contributed by atoms with E-state index >= 15 is 0 Å². The Labute approximate surface area is 171 Å². The summed E-state index contributed by atoms with van der Waals surface area (Å²) in [5.41, 5.74) is 4.78. The maximum absolute atomic E-state index is 12.6. The number of carbonyl (C=O) groups is 1. The number of rotatable bonds is 7. The van der Waals surface area contributed by atoms with Crippen LogP contribution in [0.1, 0.15) is 32.9 Å². The monoisotopic (exact) mass is 396 g/mol. The summed E-state index contributed by atoms with van der Waals surface area (Å²) in [5, 5.41) is 13.3. The molecule has 7 nitrogen and oxygen atoms in total. The van der Waals surface area contributed by atoms with Gasteiger partial charge < -0.3 is 15.2 Å². The normalized spacial score (nSPS) is 18.0. The van der Waals surface area contributed by atoms with Crippen LogP contribution in [0.3, 0.4) is 0 Å². The van der Waals surface area contributed by atoms with E-state index < -0.39 is 6.10 Å². The van der Waals surface area contributed by atoms with Gasteiger partial charge in [0.05, 0.1) is 19.3 Å². The third-order valence-corrected chi connectivity index (χ3v) is 5.77. The van der Waals surface area contributed by atoms with Gasteiger partial charge in [-0.05, 0) is 30.9 Å². The lowest BCUT2D eigenvalue weighted by molar-refractivity contribution is -0.0317. The largest absolute Gasteiger partial charge is 0.390 e. The Morgan fingerprint density at radius 3 is 2.86 bits per heavy atom. The molecule has 0 saturated carbocycles. The summed E-state index contributed by atoms with van der Waals surface area (Å²) in [6.45, 7) is 5.86. The molecule has 1 aromatic heterocycles. The van der Waals surface area contributed by atoms with E-state index in [0.29, 0.717) is 18.2 Å². The smallest absolute Gasteiger partial charge is 0.270 e. The fourth-order valence-corrected chi connectivity index (χ4v) is 3.96. The Hall–Kier alpha value is -2.35. The summed E-state index contributed by atoms with van der Waals surface area (Å²) in [7, 11) is 0. The minimum atomic E-state index is -0.627. The number of β-amino-alcohol motifs (C(OH)–C–C–N with tert-alkyl or cyclic N) is 1. The van der Waals surface area contributed by atoms with E-state index in [2.05, 4.69) is 44.5 Å². The third kappa shape index (κ3) is 4.80. The Balaban J connectivity index is 1.29. The van der Waals surface area contributed by atoms with Crippen molar-refractivity contribution in [3.05, 3.63) is 58.7 Å². The number of hydrogen-bond acceptors (Lipinski definition) is 6. The van der Waals surface area contributed by atoms with Gasteiger partial charge in [-0.1, -0.05) is 24.3 Å². The lowest BCUT2D eigenvalue weighted by Gasteiger charge is -2.30. The molecule has 0 radical (unpaired) electrons. The molecule has 7 heteroatoms. The average Bonchev–Trinajstić information content (AvgIpc) is 2.70. The first-order chi connectivity index (χ1) is 14.1. The second kappa shape index (κ2) is 8.98. The second-order valence-corrected chi connectivity index (χ2v) is 8.02. The zero-order valence-electron chi connectivity index (χ0n) is 16.8. The van der Waals surface area contributed by atoms with Gasteiger partial charge in [-0.25, -0.2) is 9.97 Å². The average molecular weight is 396 g/mol. The first-order valence-corrected chi connectivity index (χ1v) is 10.2. The number of aromatic nitrogens is 2. The maximum atomic E-state index is 12.6. The first kappa shape index (κ1) is 19.9. The minimum Gasteiger partial charge on any atom is -0.390 e. The standard InChI is InChI=1S/C22H28N4O3/c1-15-20(8-16-12-29-13-16)24-14-25-21(15)22(28)23-9-19(27)11-26-7-6-17-4-2-3-5-18(17)10-26/h2-5,14,16,19,27H,6-13H2,1H3,(H,23,28)/t19-/m0/s1. The number of amides is 1. The molecular formula is C22H28N4O3. The van der Waals surface area contributed by atoms with Gasteiger partial charge in [-0.15, -0.1) is 0 Å². The number of fused-ring (bicyclic) bond motifs is 1. The highest BCUT2D eigenvalue weighted by molar-refractivity contribution is 5.93. The van der Waals surface area contributed by atoms with E-state index in [9.17, 15) is 9.90 Å². The van der Waals surface area contributed by atoms with Gasteiger partial charge in [0.25, 0.3) is 5.91 Å². The van der Waals surface area contributed by atoms with Crippen LogP contribution in [0.2, 0.25) is 0 Å². The molecular weight excluding hydrogens is 368 g/mol. The van der Waals surface area contributed by atoms with Crippen LogP contribution in [0.4, 0.5) is 0 Å². The molecule has 1 fully saturated rings. The molecule has 1 aromatic carbocycles. The van der Waals surface area contributed by atoms with Crippen LogP contribution in [0, 0.1) is 12.8 Å². The number of aliphatic hydroxyl groups is 1. The predicted molar refractivity (Wildman–Crippen MR) is 109 cm³/mol. The van der Waals surface area contributed by atoms with Crippen molar-refractivity contribution < 1.29 is 14.6 Å². The fraction of sp³-hybridized carbons (Fsp3) is 0.500. The SMILES string of the molecule is Cc1c(CC2COC2)ncnc1C(=O)NC[C@H](O)CN1CCc2ccccc2C1. The zero-order chi connectivity index (χ0) is 20.2. The van der Waals surface area contributed by atoms with Crippen molar-refractivity contribution in [2.45, 2.75) is 32.4 Å². The van der Waals surface area contributed by atoms with Gasteiger partial charge in [0, 0.05) is 43.4 Å². The second-order valence-electron chi connectivity index (χ2n) is 8.02. The molecule has 29 heavy (non-hydrogen) atoms. The van der Waals surface area contributed by atoms with Crippen LogP contribution in [0.25, 0.3) is 0 Å². The van der Waals surface area contributed by atoms with E-state index in [0.717, 1.165) is 50.4 Å². The van der Waals surface area contributed by atoms with Crippen LogP contribution in [-0.2, 0) is 24.1 Å². The molecule has 0 unspecified atom stereocenters. The first-order valence-electron chi connectivity index (χ1n) is 10.2. The van der Waals surface area contributed by atoms with E-state index in [4.69, 9.17) is 4.74 Å². The summed E-state index contributed by atoms with van der Waals surface area (Å²) in [4.78, 5) is 23.3. The van der Waals surface area contributed by atoms with Crippen molar-refractivity contribution in [2.75, 3.05) is 32.8 Å². The number of carbonyl (C=O) groups excluding carboxylic acids is 1. The Bertz CT molecular complexity index is 869. The van der Waals surface area contributed by atoms with E-state index in [-0.39, 0.29) is 12.5 Å². The van der Waals surface area contributed by atoms with Gasteiger partial charge in [0.1, 0.15) is 12.0 Å². The number of benzene rings is 1. The Morgan fingerprint density at radius 2 is 2.10 bits per heavy atom. The van der Waals surface area contributed by atoms with Gasteiger partial charge in [0.15, 0.2) is 0 Å². The van der Waals surface area contributed by atoms with Crippen molar-refractivity contribution >= 4 is 5.91 Å². The lowest BCUT2D eigenvalue weighted by atomic mass is 9.98. The Kier molecular flexibility index (Phi) is 6.18. The van der Waals surface area contributed by atoms with Crippen molar-refractivity contribution in [2.24, 2.45) is 5.92 Å². The van der Waals surface area contributed by atoms with Crippen LogP contribution in [-0.4, -0.2) is 64.8 Å². The Morgan fingerprint density at radius 1 is 1.31 bits per heavy atom. The summed E-state index contributed by atoms with van der Waals surface area (Å²) in [5.74, 6) is 0.204. The maximum Gasteiger partial charge on any atom is 0.270 e. The van der Waals surface area contributed by atoms with Crippen molar-refractivity contribution in [3.8, 4) is 0 Å². The third-order valence-electron chi connectivity index (χ3n) is 5.77. The van der Waals surface area contributed by atoms with Gasteiger partial charge in [0.2, 0.25) is 0 Å².